The van der Waals surface area contributed by atoms with Crippen molar-refractivity contribution in [1.82, 2.24) is 4.90 Å². The van der Waals surface area contributed by atoms with E-state index in [9.17, 15) is 0 Å². The van der Waals surface area contributed by atoms with Gasteiger partial charge in [0.05, 0.1) is 19.3 Å². The van der Waals surface area contributed by atoms with Gasteiger partial charge in [0.1, 0.15) is 5.75 Å². The molecule has 30 heavy (non-hydrogen) atoms. The predicted octanol–water partition coefficient (Wildman–Crippen LogP) is 5.03. The quantitative estimate of drug-likeness (QED) is 0.654. The molecule has 5 rings (SSSR count). The molecule has 1 saturated heterocycles. The lowest BCUT2D eigenvalue weighted by molar-refractivity contribution is -0.0777. The van der Waals surface area contributed by atoms with E-state index in [1.807, 2.05) is 0 Å². The summed E-state index contributed by atoms with van der Waals surface area (Å²) in [5.74, 6) is 0.925. The fourth-order valence-electron chi connectivity index (χ4n) is 5.37. The second-order valence-corrected chi connectivity index (χ2v) is 8.39. The number of rotatable bonds is 3. The van der Waals surface area contributed by atoms with Crippen LogP contribution < -0.4 is 9.64 Å². The number of hydrogen-bond acceptors (Lipinski definition) is 4. The molecule has 0 amide bonds. The largest absolute Gasteiger partial charge is 0.497 e. The SMILES string of the molecule is COc1ccc(N2CCN(C3CCC4(CC3)OCc3ccccc34)CC2)cc1.Cl.Cl. The average Bonchev–Trinajstić information content (AvgIpc) is 3.13. The van der Waals surface area contributed by atoms with Gasteiger partial charge in [0.15, 0.2) is 0 Å². The van der Waals surface area contributed by atoms with Gasteiger partial charge in [0.2, 0.25) is 0 Å². The molecule has 1 saturated carbocycles. The highest BCUT2D eigenvalue weighted by atomic mass is 35.5. The van der Waals surface area contributed by atoms with E-state index in [4.69, 9.17) is 9.47 Å². The number of hydrogen-bond donors (Lipinski definition) is 0. The molecule has 0 unspecified atom stereocenters. The summed E-state index contributed by atoms with van der Waals surface area (Å²) in [5.41, 5.74) is 4.16. The molecule has 2 fully saturated rings. The summed E-state index contributed by atoms with van der Waals surface area (Å²) in [7, 11) is 1.72. The monoisotopic (exact) mass is 450 g/mol. The fourth-order valence-corrected chi connectivity index (χ4v) is 5.37. The van der Waals surface area contributed by atoms with Crippen molar-refractivity contribution in [2.24, 2.45) is 0 Å². The van der Waals surface area contributed by atoms with Crippen LogP contribution in [-0.4, -0.2) is 44.2 Å². The van der Waals surface area contributed by atoms with E-state index in [1.54, 1.807) is 7.11 Å². The maximum Gasteiger partial charge on any atom is 0.119 e. The van der Waals surface area contributed by atoms with Crippen molar-refractivity contribution in [1.29, 1.82) is 0 Å². The van der Waals surface area contributed by atoms with Crippen LogP contribution in [0.3, 0.4) is 0 Å². The molecular formula is C24H32Cl2N2O2. The van der Waals surface area contributed by atoms with Crippen molar-refractivity contribution in [2.75, 3.05) is 38.2 Å². The van der Waals surface area contributed by atoms with Crippen molar-refractivity contribution < 1.29 is 9.47 Å². The average molecular weight is 451 g/mol. The summed E-state index contributed by atoms with van der Waals surface area (Å²) in [6.07, 6.45) is 4.81. The summed E-state index contributed by atoms with van der Waals surface area (Å²) < 4.78 is 11.6. The molecule has 3 aliphatic rings. The molecule has 0 radical (unpaired) electrons. The molecule has 4 nitrogen and oxygen atoms in total. The molecule has 1 spiro atoms. The first-order valence-electron chi connectivity index (χ1n) is 10.6. The number of piperazine rings is 1. The Labute approximate surface area is 192 Å². The minimum Gasteiger partial charge on any atom is -0.497 e. The third kappa shape index (κ3) is 4.29. The zero-order valence-electron chi connectivity index (χ0n) is 17.6. The number of fused-ring (bicyclic) bond motifs is 2. The third-order valence-electron chi connectivity index (χ3n) is 7.04. The Balaban J connectivity index is 0.00000128. The zero-order chi connectivity index (χ0) is 19.0. The Morgan fingerprint density at radius 3 is 2.23 bits per heavy atom. The van der Waals surface area contributed by atoms with Crippen LogP contribution in [-0.2, 0) is 16.9 Å². The number of nitrogens with zero attached hydrogens (tertiary/aromatic N) is 2. The smallest absolute Gasteiger partial charge is 0.119 e. The predicted molar refractivity (Wildman–Crippen MR) is 126 cm³/mol. The molecule has 2 aliphatic heterocycles. The van der Waals surface area contributed by atoms with Gasteiger partial charge in [-0.2, -0.15) is 0 Å². The molecule has 2 aromatic rings. The third-order valence-corrected chi connectivity index (χ3v) is 7.04. The van der Waals surface area contributed by atoms with Crippen LogP contribution >= 0.6 is 24.8 Å². The van der Waals surface area contributed by atoms with Gasteiger partial charge in [-0.25, -0.2) is 0 Å². The van der Waals surface area contributed by atoms with E-state index >= 15 is 0 Å². The van der Waals surface area contributed by atoms with Gasteiger partial charge in [-0.15, -0.1) is 24.8 Å². The molecule has 0 atom stereocenters. The molecule has 6 heteroatoms. The highest BCUT2D eigenvalue weighted by Crippen LogP contribution is 2.47. The van der Waals surface area contributed by atoms with Gasteiger partial charge in [-0.1, -0.05) is 24.3 Å². The molecule has 1 aliphatic carbocycles. The number of anilines is 1. The second kappa shape index (κ2) is 9.78. The molecule has 0 aromatic heterocycles. The number of methoxy groups -OCH3 is 1. The Morgan fingerprint density at radius 2 is 1.57 bits per heavy atom. The summed E-state index contributed by atoms with van der Waals surface area (Å²) in [5, 5.41) is 0. The van der Waals surface area contributed by atoms with Crippen LogP contribution in [0, 0.1) is 0 Å². The molecule has 0 bridgehead atoms. The van der Waals surface area contributed by atoms with Gasteiger partial charge in [0, 0.05) is 37.9 Å². The van der Waals surface area contributed by atoms with Crippen molar-refractivity contribution >= 4 is 30.5 Å². The molecule has 164 valence electrons. The van der Waals surface area contributed by atoms with Crippen LogP contribution in [0.4, 0.5) is 5.69 Å². The standard InChI is InChI=1S/C24H30N2O2.2ClH/c1-27-22-8-6-20(7-9-22)25-14-16-26(17-15-25)21-10-12-24(13-11-21)23-5-3-2-4-19(23)18-28-24;;/h2-9,21H,10-18H2,1H3;2*1H. The molecule has 2 heterocycles. The van der Waals surface area contributed by atoms with Crippen LogP contribution in [0.15, 0.2) is 48.5 Å². The summed E-state index contributed by atoms with van der Waals surface area (Å²) in [6.45, 7) is 5.31. The molecular weight excluding hydrogens is 419 g/mol. The lowest BCUT2D eigenvalue weighted by Crippen LogP contribution is -2.52. The van der Waals surface area contributed by atoms with Gasteiger partial charge in [-0.3, -0.25) is 4.90 Å². The Morgan fingerprint density at radius 1 is 0.900 bits per heavy atom. The number of ether oxygens (including phenoxy) is 2. The fraction of sp³-hybridized carbons (Fsp3) is 0.500. The first-order chi connectivity index (χ1) is 13.8. The van der Waals surface area contributed by atoms with Crippen LogP contribution in [0.5, 0.6) is 5.75 Å². The lowest BCUT2D eigenvalue weighted by atomic mass is 9.77. The Hall–Kier alpha value is -1.46. The van der Waals surface area contributed by atoms with Crippen LogP contribution in [0.25, 0.3) is 0 Å². The second-order valence-electron chi connectivity index (χ2n) is 8.39. The Bertz CT molecular complexity index is 814. The van der Waals surface area contributed by atoms with E-state index in [0.29, 0.717) is 6.04 Å². The zero-order valence-corrected chi connectivity index (χ0v) is 19.2. The topological polar surface area (TPSA) is 24.9 Å². The van der Waals surface area contributed by atoms with Gasteiger partial charge in [-0.05, 0) is 61.1 Å². The van der Waals surface area contributed by atoms with Crippen molar-refractivity contribution in [2.45, 2.75) is 43.9 Å². The number of halogens is 2. The van der Waals surface area contributed by atoms with E-state index in [0.717, 1.165) is 51.4 Å². The highest BCUT2D eigenvalue weighted by Gasteiger charge is 2.43. The summed E-state index contributed by atoms with van der Waals surface area (Å²) >= 11 is 0. The maximum atomic E-state index is 6.34. The van der Waals surface area contributed by atoms with Crippen molar-refractivity contribution in [3.05, 3.63) is 59.7 Å². The first kappa shape index (κ1) is 23.2. The van der Waals surface area contributed by atoms with Crippen molar-refractivity contribution in [3.8, 4) is 5.75 Å². The summed E-state index contributed by atoms with van der Waals surface area (Å²) in [4.78, 5) is 5.21. The normalized spacial score (nSPS) is 25.9. The van der Waals surface area contributed by atoms with E-state index in [1.165, 1.54) is 29.7 Å². The number of benzene rings is 2. The minimum absolute atomic E-state index is 0. The van der Waals surface area contributed by atoms with Crippen LogP contribution in [0.2, 0.25) is 0 Å². The van der Waals surface area contributed by atoms with Crippen molar-refractivity contribution in [3.63, 3.8) is 0 Å². The Kier molecular flexibility index (Phi) is 7.56. The minimum atomic E-state index is -0.00197. The highest BCUT2D eigenvalue weighted by molar-refractivity contribution is 5.85. The van der Waals surface area contributed by atoms with Gasteiger partial charge < -0.3 is 14.4 Å². The van der Waals surface area contributed by atoms with E-state index in [2.05, 4.69) is 58.3 Å². The first-order valence-corrected chi connectivity index (χ1v) is 10.6. The maximum absolute atomic E-state index is 6.34. The van der Waals surface area contributed by atoms with Crippen LogP contribution in [0.1, 0.15) is 36.8 Å². The molecule has 0 N–H and O–H groups in total. The lowest BCUT2D eigenvalue weighted by Gasteiger charge is -2.45. The van der Waals surface area contributed by atoms with E-state index in [-0.39, 0.29) is 30.4 Å². The molecule has 2 aromatic carbocycles. The summed E-state index contributed by atoms with van der Waals surface area (Å²) in [6, 6.07) is 18.0. The van der Waals surface area contributed by atoms with Gasteiger partial charge in [0.25, 0.3) is 0 Å². The van der Waals surface area contributed by atoms with Gasteiger partial charge >= 0.3 is 0 Å². The van der Waals surface area contributed by atoms with E-state index < -0.39 is 0 Å².